The van der Waals surface area contributed by atoms with Gasteiger partial charge in [0.2, 0.25) is 0 Å². The molecule has 8 heteroatoms. The van der Waals surface area contributed by atoms with Gasteiger partial charge in [-0.25, -0.2) is 0 Å². The van der Waals surface area contributed by atoms with E-state index in [2.05, 4.69) is 15.0 Å². The summed E-state index contributed by atoms with van der Waals surface area (Å²) in [7, 11) is 0. The highest BCUT2D eigenvalue weighted by Gasteiger charge is 2.34. The van der Waals surface area contributed by atoms with Gasteiger partial charge in [-0.15, -0.1) is 13.2 Å². The summed E-state index contributed by atoms with van der Waals surface area (Å²) in [6, 6.07) is 5.01. The molecule has 1 aromatic carbocycles. The molecule has 3 rings (SSSR count). The number of piperazine rings is 1. The van der Waals surface area contributed by atoms with Gasteiger partial charge in [-0.1, -0.05) is 19.9 Å². The Bertz CT molecular complexity index is 685. The number of benzene rings is 1. The van der Waals surface area contributed by atoms with Crippen molar-refractivity contribution >= 4 is 0 Å². The van der Waals surface area contributed by atoms with E-state index in [1.165, 1.54) is 6.07 Å². The second kappa shape index (κ2) is 10.9. The normalized spacial score (nSPS) is 24.2. The van der Waals surface area contributed by atoms with Crippen LogP contribution in [0.4, 0.5) is 13.2 Å². The minimum atomic E-state index is -4.78. The number of hydrogen-bond acceptors (Lipinski definition) is 5. The first-order valence-corrected chi connectivity index (χ1v) is 11.3. The zero-order valence-electron chi connectivity index (χ0n) is 18.5. The molecule has 2 N–H and O–H groups in total. The number of nitrogens with zero attached hydrogens (tertiary/aromatic N) is 1. The lowest BCUT2D eigenvalue weighted by Gasteiger charge is -2.37. The van der Waals surface area contributed by atoms with Crippen molar-refractivity contribution in [2.45, 2.75) is 57.9 Å². The molecule has 2 fully saturated rings. The second-order valence-corrected chi connectivity index (χ2v) is 9.18. The molecule has 1 atom stereocenters. The lowest BCUT2D eigenvalue weighted by molar-refractivity contribution is -0.275. The lowest BCUT2D eigenvalue weighted by atomic mass is 9.75. The van der Waals surface area contributed by atoms with Gasteiger partial charge in [0.25, 0.3) is 0 Å². The summed E-state index contributed by atoms with van der Waals surface area (Å²) in [5, 5.41) is 13.3. The Hall–Kier alpha value is -1.51. The third-order valence-corrected chi connectivity index (χ3v) is 6.17. The lowest BCUT2D eigenvalue weighted by Crippen LogP contribution is -2.46. The highest BCUT2D eigenvalue weighted by molar-refractivity contribution is 5.44. The fraction of sp³-hybridized carbons (Fsp3) is 0.739. The zero-order valence-corrected chi connectivity index (χ0v) is 18.5. The number of nitrogens with one attached hydrogen (secondary N) is 1. The molecule has 1 unspecified atom stereocenters. The van der Waals surface area contributed by atoms with Crippen LogP contribution < -0.4 is 14.8 Å². The first kappa shape index (κ1) is 24.1. The molecule has 1 saturated carbocycles. The number of alkyl halides is 3. The minimum absolute atomic E-state index is 0.0836. The minimum Gasteiger partial charge on any atom is -0.489 e. The number of rotatable bonds is 8. The summed E-state index contributed by atoms with van der Waals surface area (Å²) in [4.78, 5) is 2.37. The predicted octanol–water partition coefficient (Wildman–Crippen LogP) is 4.16. The molecule has 0 amide bonds. The molecule has 0 spiro atoms. The number of halogens is 3. The number of aliphatic hydroxyl groups excluding tert-OH is 1. The third-order valence-electron chi connectivity index (χ3n) is 6.17. The largest absolute Gasteiger partial charge is 0.573 e. The first-order valence-electron chi connectivity index (χ1n) is 11.3. The Morgan fingerprint density at radius 1 is 1.10 bits per heavy atom. The van der Waals surface area contributed by atoms with Crippen LogP contribution in [0, 0.1) is 11.8 Å². The fourth-order valence-corrected chi connectivity index (χ4v) is 4.54. The molecule has 1 aliphatic carbocycles. The second-order valence-electron chi connectivity index (χ2n) is 9.18. The monoisotopic (exact) mass is 444 g/mol. The molecule has 1 saturated heterocycles. The Morgan fingerprint density at radius 2 is 1.77 bits per heavy atom. The number of ether oxygens (including phenoxy) is 2. The van der Waals surface area contributed by atoms with Crippen LogP contribution in [-0.4, -0.2) is 61.8 Å². The van der Waals surface area contributed by atoms with E-state index in [0.29, 0.717) is 12.5 Å². The molecule has 5 nitrogen and oxygen atoms in total. The average molecular weight is 445 g/mol. The van der Waals surface area contributed by atoms with Crippen molar-refractivity contribution in [1.82, 2.24) is 10.2 Å². The van der Waals surface area contributed by atoms with Crippen LogP contribution in [-0.2, 0) is 0 Å². The molecule has 176 valence electrons. The number of aliphatic hydroxyl groups is 1. The average Bonchev–Trinajstić information content (AvgIpc) is 2.71. The van der Waals surface area contributed by atoms with Crippen molar-refractivity contribution in [3.05, 3.63) is 23.8 Å². The van der Waals surface area contributed by atoms with Crippen molar-refractivity contribution < 1.29 is 27.8 Å². The summed E-state index contributed by atoms with van der Waals surface area (Å²) < 4.78 is 49.3. The van der Waals surface area contributed by atoms with E-state index >= 15 is 0 Å². The van der Waals surface area contributed by atoms with Gasteiger partial charge in [0, 0.05) is 32.7 Å². The van der Waals surface area contributed by atoms with Crippen molar-refractivity contribution in [2.24, 2.45) is 11.8 Å². The Kier molecular flexibility index (Phi) is 8.47. The molecule has 0 bridgehead atoms. The third kappa shape index (κ3) is 7.54. The molecule has 0 radical (unpaired) electrons. The van der Waals surface area contributed by atoms with Crippen LogP contribution >= 0.6 is 0 Å². The Balaban J connectivity index is 1.87. The highest BCUT2D eigenvalue weighted by Crippen LogP contribution is 2.41. The van der Waals surface area contributed by atoms with Gasteiger partial charge < -0.3 is 24.8 Å². The maximum Gasteiger partial charge on any atom is 0.573 e. The highest BCUT2D eigenvalue weighted by atomic mass is 19.4. The van der Waals surface area contributed by atoms with E-state index < -0.39 is 6.36 Å². The van der Waals surface area contributed by atoms with Gasteiger partial charge in [-0.3, -0.25) is 0 Å². The molecular formula is C23H35F3N2O3. The smallest absolute Gasteiger partial charge is 0.489 e. The fourth-order valence-electron chi connectivity index (χ4n) is 4.54. The van der Waals surface area contributed by atoms with Gasteiger partial charge >= 0.3 is 6.36 Å². The summed E-state index contributed by atoms with van der Waals surface area (Å²) in [5.74, 6) is 0.439. The van der Waals surface area contributed by atoms with Crippen molar-refractivity contribution in [1.29, 1.82) is 0 Å². The van der Waals surface area contributed by atoms with Crippen LogP contribution in [0.15, 0.2) is 18.2 Å². The van der Waals surface area contributed by atoms with Gasteiger partial charge in [0.05, 0.1) is 12.7 Å². The first-order chi connectivity index (χ1) is 14.7. The molecule has 2 aliphatic rings. The standard InChI is InChI=1S/C23H35F3N2O3/c1-16(2)15-30-21-8-5-18(13-22(21)31-23(24,25)26)20(14-28-11-9-27-10-12-28)17-3-6-19(29)7-4-17/h5,8,13,16-17,19-20,27,29H,3-4,6-7,9-12,14-15H2,1-2H3. The number of hydrogen-bond donors (Lipinski definition) is 2. The summed E-state index contributed by atoms with van der Waals surface area (Å²) in [6.07, 6.45) is -1.82. The summed E-state index contributed by atoms with van der Waals surface area (Å²) in [5.41, 5.74) is 0.844. The van der Waals surface area contributed by atoms with E-state index in [1.807, 2.05) is 19.9 Å². The molecular weight excluding hydrogens is 409 g/mol. The molecule has 0 aromatic heterocycles. The van der Waals surface area contributed by atoms with Crippen LogP contribution in [0.1, 0.15) is 51.0 Å². The maximum absolute atomic E-state index is 13.1. The van der Waals surface area contributed by atoms with Gasteiger partial charge in [-0.05, 0) is 61.1 Å². The Labute approximate surface area is 182 Å². The van der Waals surface area contributed by atoms with E-state index in [0.717, 1.165) is 64.0 Å². The van der Waals surface area contributed by atoms with Crippen LogP contribution in [0.25, 0.3) is 0 Å². The predicted molar refractivity (Wildman–Crippen MR) is 113 cm³/mol. The van der Waals surface area contributed by atoms with Crippen LogP contribution in [0.2, 0.25) is 0 Å². The van der Waals surface area contributed by atoms with E-state index in [1.54, 1.807) is 6.07 Å². The molecule has 1 aromatic rings. The summed E-state index contributed by atoms with van der Waals surface area (Å²) in [6.45, 7) is 8.68. The maximum atomic E-state index is 13.1. The van der Waals surface area contributed by atoms with Crippen molar-refractivity contribution in [3.8, 4) is 11.5 Å². The Morgan fingerprint density at radius 3 is 2.39 bits per heavy atom. The SMILES string of the molecule is CC(C)COc1ccc(C(CN2CCNCC2)C2CCC(O)CC2)cc1OC(F)(F)F. The van der Waals surface area contributed by atoms with Crippen molar-refractivity contribution in [2.75, 3.05) is 39.3 Å². The van der Waals surface area contributed by atoms with E-state index in [-0.39, 0.29) is 29.4 Å². The van der Waals surface area contributed by atoms with Gasteiger partial charge in [0.1, 0.15) is 0 Å². The van der Waals surface area contributed by atoms with E-state index in [4.69, 9.17) is 4.74 Å². The van der Waals surface area contributed by atoms with Crippen LogP contribution in [0.3, 0.4) is 0 Å². The van der Waals surface area contributed by atoms with Crippen molar-refractivity contribution in [3.63, 3.8) is 0 Å². The zero-order chi connectivity index (χ0) is 22.4. The molecule has 1 aliphatic heterocycles. The summed E-state index contributed by atoms with van der Waals surface area (Å²) >= 11 is 0. The molecule has 1 heterocycles. The van der Waals surface area contributed by atoms with Crippen LogP contribution in [0.5, 0.6) is 11.5 Å². The molecule has 31 heavy (non-hydrogen) atoms. The van der Waals surface area contributed by atoms with E-state index in [9.17, 15) is 18.3 Å². The van der Waals surface area contributed by atoms with Gasteiger partial charge in [0.15, 0.2) is 11.5 Å². The quantitative estimate of drug-likeness (QED) is 0.631. The van der Waals surface area contributed by atoms with Gasteiger partial charge in [-0.2, -0.15) is 0 Å². The topological polar surface area (TPSA) is 54.0 Å².